The Morgan fingerprint density at radius 1 is 1.29 bits per heavy atom. The monoisotopic (exact) mass is 196 g/mol. The summed E-state index contributed by atoms with van der Waals surface area (Å²) < 4.78 is 0. The van der Waals surface area contributed by atoms with Crippen molar-refractivity contribution >= 4 is 6.29 Å². The van der Waals surface area contributed by atoms with Gasteiger partial charge >= 0.3 is 0 Å². The van der Waals surface area contributed by atoms with E-state index in [1.54, 1.807) is 0 Å². The van der Waals surface area contributed by atoms with E-state index < -0.39 is 0 Å². The van der Waals surface area contributed by atoms with Gasteiger partial charge in [0.15, 0.2) is 6.29 Å². The van der Waals surface area contributed by atoms with Gasteiger partial charge in [0.05, 0.1) is 0 Å². The van der Waals surface area contributed by atoms with Crippen LogP contribution in [0.4, 0.5) is 0 Å². The minimum absolute atomic E-state index is 0.617. The van der Waals surface area contributed by atoms with Gasteiger partial charge in [0.25, 0.3) is 0 Å². The third-order valence-corrected chi connectivity index (χ3v) is 3.50. The van der Waals surface area contributed by atoms with Crippen LogP contribution < -0.4 is 0 Å². The van der Waals surface area contributed by atoms with Crippen molar-refractivity contribution < 1.29 is 4.79 Å². The van der Waals surface area contributed by atoms with Crippen LogP contribution in [0.25, 0.3) is 0 Å². The van der Waals surface area contributed by atoms with E-state index in [1.165, 1.54) is 32.4 Å². The molecule has 1 aliphatic heterocycles. The molecule has 1 heterocycles. The van der Waals surface area contributed by atoms with Crippen molar-refractivity contribution in [2.24, 2.45) is 5.92 Å². The highest BCUT2D eigenvalue weighted by molar-refractivity contribution is 5.50. The van der Waals surface area contributed by atoms with Crippen molar-refractivity contribution in [3.63, 3.8) is 0 Å². The highest BCUT2D eigenvalue weighted by Crippen LogP contribution is 2.23. The minimum atomic E-state index is 0.617. The van der Waals surface area contributed by atoms with Gasteiger partial charge in [-0.05, 0) is 45.2 Å². The van der Waals surface area contributed by atoms with Gasteiger partial charge in [-0.1, -0.05) is 13.3 Å². The van der Waals surface area contributed by atoms with Crippen molar-refractivity contribution in [3.05, 3.63) is 0 Å². The quantitative estimate of drug-likeness (QED) is 0.608. The summed E-state index contributed by atoms with van der Waals surface area (Å²) >= 11 is 0. The summed E-state index contributed by atoms with van der Waals surface area (Å²) in [6.45, 7) is 7.15. The lowest BCUT2D eigenvalue weighted by atomic mass is 10.1. The number of carbonyl (C=O) groups excluding carboxylic acids is 1. The maximum absolute atomic E-state index is 9.98. The first-order valence-corrected chi connectivity index (χ1v) is 5.84. The maximum atomic E-state index is 9.98. The van der Waals surface area contributed by atoms with Crippen molar-refractivity contribution in [2.75, 3.05) is 13.1 Å². The van der Waals surface area contributed by atoms with Crippen LogP contribution in [0.2, 0.25) is 0 Å². The average Bonchev–Trinajstić information content (AvgIpc) is 2.49. The van der Waals surface area contributed by atoms with E-state index in [2.05, 4.69) is 18.7 Å². The fourth-order valence-corrected chi connectivity index (χ4v) is 2.18. The molecule has 14 heavy (non-hydrogen) atoms. The predicted molar refractivity (Wildman–Crippen MR) is 59.0 cm³/mol. The van der Waals surface area contributed by atoms with Crippen LogP contribution in [0.15, 0.2) is 0 Å². The zero-order chi connectivity index (χ0) is 10.4. The lowest BCUT2D eigenvalue weighted by Gasteiger charge is -2.22. The Morgan fingerprint density at radius 2 is 2.07 bits per heavy atom. The first-order valence-electron chi connectivity index (χ1n) is 5.84. The third kappa shape index (κ3) is 3.41. The predicted octanol–water partition coefficient (Wildman–Crippen LogP) is 2.39. The number of rotatable bonds is 6. The van der Waals surface area contributed by atoms with Crippen LogP contribution >= 0.6 is 0 Å². The standard InChI is InChI=1S/C12H22NO/c1-11-7-9-13(12(11)2)8-5-3-4-6-10-14/h11-12H,3-9H2,1-2H3. The summed E-state index contributed by atoms with van der Waals surface area (Å²) in [7, 11) is 0. The zero-order valence-electron chi connectivity index (χ0n) is 9.46. The average molecular weight is 196 g/mol. The van der Waals surface area contributed by atoms with E-state index in [-0.39, 0.29) is 0 Å². The van der Waals surface area contributed by atoms with Crippen LogP contribution in [0.5, 0.6) is 0 Å². The third-order valence-electron chi connectivity index (χ3n) is 3.50. The molecule has 1 radical (unpaired) electrons. The largest absolute Gasteiger partial charge is 0.300 e. The van der Waals surface area contributed by atoms with Gasteiger partial charge in [0.1, 0.15) is 0 Å². The maximum Gasteiger partial charge on any atom is 0.198 e. The van der Waals surface area contributed by atoms with Crippen molar-refractivity contribution in [3.8, 4) is 0 Å². The van der Waals surface area contributed by atoms with Gasteiger partial charge in [-0.15, -0.1) is 0 Å². The molecule has 0 aliphatic carbocycles. The smallest absolute Gasteiger partial charge is 0.198 e. The molecule has 1 rings (SSSR count). The second-order valence-corrected chi connectivity index (χ2v) is 4.50. The lowest BCUT2D eigenvalue weighted by molar-refractivity contribution is 0.242. The summed E-state index contributed by atoms with van der Waals surface area (Å²) in [4.78, 5) is 12.6. The van der Waals surface area contributed by atoms with E-state index in [4.69, 9.17) is 0 Å². The van der Waals surface area contributed by atoms with Gasteiger partial charge in [0.2, 0.25) is 0 Å². The van der Waals surface area contributed by atoms with Crippen molar-refractivity contribution in [1.29, 1.82) is 0 Å². The molecular weight excluding hydrogens is 174 g/mol. The Morgan fingerprint density at radius 3 is 2.64 bits per heavy atom. The van der Waals surface area contributed by atoms with E-state index in [9.17, 15) is 4.79 Å². The van der Waals surface area contributed by atoms with Crippen LogP contribution in [0.1, 0.15) is 46.0 Å². The number of unbranched alkanes of at least 4 members (excludes halogenated alkanes) is 3. The fraction of sp³-hybridized carbons (Fsp3) is 0.917. The molecule has 0 bridgehead atoms. The zero-order valence-corrected chi connectivity index (χ0v) is 9.46. The summed E-state index contributed by atoms with van der Waals surface area (Å²) in [5, 5.41) is 0. The fourth-order valence-electron chi connectivity index (χ4n) is 2.18. The Bertz CT molecular complexity index is 170. The molecule has 81 valence electrons. The molecule has 0 aromatic heterocycles. The van der Waals surface area contributed by atoms with Crippen molar-refractivity contribution in [1.82, 2.24) is 4.90 Å². The van der Waals surface area contributed by atoms with Crippen LogP contribution in [0.3, 0.4) is 0 Å². The second-order valence-electron chi connectivity index (χ2n) is 4.50. The molecule has 1 fully saturated rings. The number of nitrogens with zero attached hydrogens (tertiary/aromatic N) is 1. The molecule has 0 amide bonds. The van der Waals surface area contributed by atoms with E-state index in [0.717, 1.165) is 18.4 Å². The highest BCUT2D eigenvalue weighted by Gasteiger charge is 2.26. The molecule has 2 atom stereocenters. The van der Waals surface area contributed by atoms with E-state index in [0.29, 0.717) is 6.42 Å². The summed E-state index contributed by atoms with van der Waals surface area (Å²) in [6.07, 6.45) is 7.34. The molecule has 0 spiro atoms. The number of likely N-dealkylation sites (tertiary alicyclic amines) is 1. The number of hydrogen-bond donors (Lipinski definition) is 0. The molecule has 0 aromatic carbocycles. The second kappa shape index (κ2) is 6.18. The molecular formula is C12H22NO. The molecule has 1 saturated heterocycles. The normalized spacial score (nSPS) is 28.1. The molecule has 1 aliphatic rings. The topological polar surface area (TPSA) is 20.3 Å². The Balaban J connectivity index is 2.04. The van der Waals surface area contributed by atoms with E-state index >= 15 is 0 Å². The summed E-state index contributed by atoms with van der Waals surface area (Å²) in [5.74, 6) is 0.860. The first-order chi connectivity index (χ1) is 6.75. The SMILES string of the molecule is CC1CCN(CCCCC[C]=O)C1C. The molecule has 0 saturated carbocycles. The van der Waals surface area contributed by atoms with Crippen molar-refractivity contribution in [2.45, 2.75) is 52.0 Å². The number of hydrogen-bond acceptors (Lipinski definition) is 2. The molecule has 2 heteroatoms. The highest BCUT2D eigenvalue weighted by atomic mass is 16.1. The van der Waals surface area contributed by atoms with Gasteiger partial charge in [0, 0.05) is 12.5 Å². The van der Waals surface area contributed by atoms with Crippen LogP contribution in [-0.2, 0) is 4.79 Å². The Labute approximate surface area is 87.7 Å². The lowest BCUT2D eigenvalue weighted by Crippen LogP contribution is -2.30. The van der Waals surface area contributed by atoms with Gasteiger partial charge in [-0.3, -0.25) is 4.79 Å². The molecule has 0 aromatic rings. The first kappa shape index (κ1) is 11.7. The van der Waals surface area contributed by atoms with Gasteiger partial charge < -0.3 is 4.90 Å². The molecule has 2 unspecified atom stereocenters. The van der Waals surface area contributed by atoms with Crippen LogP contribution in [0, 0.1) is 5.92 Å². The Kier molecular flexibility index (Phi) is 5.16. The molecule has 0 N–H and O–H groups in total. The minimum Gasteiger partial charge on any atom is -0.300 e. The van der Waals surface area contributed by atoms with Gasteiger partial charge in [-0.2, -0.15) is 0 Å². The molecule has 2 nitrogen and oxygen atoms in total. The van der Waals surface area contributed by atoms with Crippen LogP contribution in [-0.4, -0.2) is 30.3 Å². The summed E-state index contributed by atoms with van der Waals surface area (Å²) in [6, 6.07) is 0.757. The Hall–Kier alpha value is -0.370. The van der Waals surface area contributed by atoms with E-state index in [1.807, 2.05) is 6.29 Å². The van der Waals surface area contributed by atoms with Gasteiger partial charge in [-0.25, -0.2) is 0 Å². The summed E-state index contributed by atoms with van der Waals surface area (Å²) in [5.41, 5.74) is 0.